The topological polar surface area (TPSA) is 60.9 Å². The molecule has 1 saturated heterocycles. The lowest BCUT2D eigenvalue weighted by Gasteiger charge is -2.33. The van der Waals surface area contributed by atoms with Gasteiger partial charge in [0.1, 0.15) is 4.90 Å². The van der Waals surface area contributed by atoms with Gasteiger partial charge in [-0.1, -0.05) is 23.2 Å². The van der Waals surface area contributed by atoms with Gasteiger partial charge in [0.25, 0.3) is 0 Å². The maximum absolute atomic E-state index is 12.5. The van der Waals surface area contributed by atoms with Gasteiger partial charge in [-0.15, -0.1) is 0 Å². The molecule has 1 N–H and O–H groups in total. The van der Waals surface area contributed by atoms with Crippen LogP contribution in [0, 0.1) is 0 Å². The van der Waals surface area contributed by atoms with Crippen molar-refractivity contribution in [2.24, 2.45) is 0 Å². The highest BCUT2D eigenvalue weighted by molar-refractivity contribution is 7.89. The van der Waals surface area contributed by atoms with E-state index in [0.717, 1.165) is 0 Å². The Morgan fingerprint density at radius 1 is 1.15 bits per heavy atom. The zero-order valence-corrected chi connectivity index (χ0v) is 13.1. The molecule has 5 nitrogen and oxygen atoms in total. The lowest BCUT2D eigenvalue weighted by atomic mass is 10.3. The monoisotopic (exact) mass is 338 g/mol. The summed E-state index contributed by atoms with van der Waals surface area (Å²) in [5, 5.41) is 9.42. The van der Waals surface area contributed by atoms with Gasteiger partial charge in [0.2, 0.25) is 10.0 Å². The van der Waals surface area contributed by atoms with Gasteiger partial charge >= 0.3 is 0 Å². The first-order chi connectivity index (χ1) is 9.45. The quantitative estimate of drug-likeness (QED) is 0.898. The van der Waals surface area contributed by atoms with Gasteiger partial charge in [-0.05, 0) is 18.2 Å². The normalized spacial score (nSPS) is 18.4. The van der Waals surface area contributed by atoms with Crippen LogP contribution in [0.4, 0.5) is 0 Å². The van der Waals surface area contributed by atoms with Gasteiger partial charge < -0.3 is 5.11 Å². The molecule has 0 aromatic heterocycles. The molecule has 8 heteroatoms. The summed E-state index contributed by atoms with van der Waals surface area (Å²) in [6.07, 6.45) is 0. The molecule has 1 aromatic carbocycles. The fourth-order valence-electron chi connectivity index (χ4n) is 2.16. The summed E-state index contributed by atoms with van der Waals surface area (Å²) < 4.78 is 26.4. The van der Waals surface area contributed by atoms with E-state index < -0.39 is 10.0 Å². The summed E-state index contributed by atoms with van der Waals surface area (Å²) in [6.45, 7) is 2.63. The number of hydrogen-bond donors (Lipinski definition) is 1. The van der Waals surface area contributed by atoms with Gasteiger partial charge in [-0.25, -0.2) is 8.42 Å². The van der Waals surface area contributed by atoms with Gasteiger partial charge in [0.05, 0.1) is 11.6 Å². The number of β-amino-alcohol motifs (C(OH)–C–C–N with tert-alkyl or cyclic N) is 1. The lowest BCUT2D eigenvalue weighted by molar-refractivity contribution is 0.151. The van der Waals surface area contributed by atoms with E-state index in [0.29, 0.717) is 37.7 Å². The van der Waals surface area contributed by atoms with Crippen molar-refractivity contribution in [3.63, 3.8) is 0 Å². The van der Waals surface area contributed by atoms with Crippen molar-refractivity contribution < 1.29 is 13.5 Å². The van der Waals surface area contributed by atoms with Crippen molar-refractivity contribution in [1.82, 2.24) is 9.21 Å². The van der Waals surface area contributed by atoms with Crippen molar-refractivity contribution in [2.75, 3.05) is 39.3 Å². The van der Waals surface area contributed by atoms with E-state index in [1.807, 2.05) is 4.90 Å². The zero-order valence-electron chi connectivity index (χ0n) is 10.8. The summed E-state index contributed by atoms with van der Waals surface area (Å²) in [6, 6.07) is 4.38. The van der Waals surface area contributed by atoms with Crippen LogP contribution in [0.3, 0.4) is 0 Å². The molecule has 0 aliphatic carbocycles. The number of hydrogen-bond acceptors (Lipinski definition) is 4. The lowest BCUT2D eigenvalue weighted by Crippen LogP contribution is -2.49. The summed E-state index contributed by atoms with van der Waals surface area (Å²) in [5.74, 6) is 0. The third-order valence-electron chi connectivity index (χ3n) is 3.26. The minimum atomic E-state index is -3.59. The Morgan fingerprint density at radius 2 is 1.80 bits per heavy atom. The van der Waals surface area contributed by atoms with Crippen LogP contribution in [-0.2, 0) is 10.0 Å². The van der Waals surface area contributed by atoms with Crippen LogP contribution >= 0.6 is 23.2 Å². The molecule has 1 aliphatic rings. The Kier molecular flexibility index (Phi) is 5.28. The fraction of sp³-hybridized carbons (Fsp3) is 0.500. The predicted molar refractivity (Wildman–Crippen MR) is 78.7 cm³/mol. The van der Waals surface area contributed by atoms with Crippen LogP contribution in [0.15, 0.2) is 23.1 Å². The van der Waals surface area contributed by atoms with Crippen molar-refractivity contribution in [1.29, 1.82) is 0 Å². The number of aliphatic hydroxyl groups excluding tert-OH is 1. The van der Waals surface area contributed by atoms with Crippen LogP contribution < -0.4 is 0 Å². The molecule has 0 bridgehead atoms. The highest BCUT2D eigenvalue weighted by Crippen LogP contribution is 2.28. The first-order valence-corrected chi connectivity index (χ1v) is 8.43. The van der Waals surface area contributed by atoms with E-state index in [-0.39, 0.29) is 16.5 Å². The second-order valence-corrected chi connectivity index (χ2v) is 7.29. The van der Waals surface area contributed by atoms with Gasteiger partial charge in [0.15, 0.2) is 0 Å². The zero-order chi connectivity index (χ0) is 14.8. The average molecular weight is 339 g/mol. The minimum Gasteiger partial charge on any atom is -0.395 e. The molecule has 0 amide bonds. The summed E-state index contributed by atoms with van der Waals surface area (Å²) in [5.41, 5.74) is 0. The summed E-state index contributed by atoms with van der Waals surface area (Å²) >= 11 is 11.8. The van der Waals surface area contributed by atoms with E-state index >= 15 is 0 Å². The Hall–Kier alpha value is -0.370. The third kappa shape index (κ3) is 3.44. The third-order valence-corrected chi connectivity index (χ3v) is 5.88. The van der Waals surface area contributed by atoms with Crippen molar-refractivity contribution >= 4 is 33.2 Å². The van der Waals surface area contributed by atoms with E-state index in [2.05, 4.69) is 0 Å². The minimum absolute atomic E-state index is 0.0791. The molecular weight excluding hydrogens is 323 g/mol. The van der Waals surface area contributed by atoms with Crippen molar-refractivity contribution in [2.45, 2.75) is 4.90 Å². The van der Waals surface area contributed by atoms with Gasteiger partial charge in [-0.2, -0.15) is 4.31 Å². The molecule has 0 unspecified atom stereocenters. The van der Waals surface area contributed by atoms with Crippen LogP contribution in [0.25, 0.3) is 0 Å². The first-order valence-electron chi connectivity index (χ1n) is 6.23. The number of rotatable bonds is 4. The molecule has 0 atom stereocenters. The average Bonchev–Trinajstić information content (AvgIpc) is 2.39. The van der Waals surface area contributed by atoms with E-state index in [1.54, 1.807) is 0 Å². The Balaban J connectivity index is 2.15. The number of sulfonamides is 1. The standard InChI is InChI=1S/C12H16Cl2N2O3S/c13-10-1-2-12(11(14)9-10)20(18,19)16-5-3-15(4-6-16)7-8-17/h1-2,9,17H,3-8H2. The SMILES string of the molecule is O=S(=O)(c1ccc(Cl)cc1Cl)N1CCN(CCO)CC1. The predicted octanol–water partition coefficient (Wildman–Crippen LogP) is 1.29. The smallest absolute Gasteiger partial charge is 0.244 e. The van der Waals surface area contributed by atoms with E-state index in [4.69, 9.17) is 28.3 Å². The Bertz CT molecular complexity index is 572. The van der Waals surface area contributed by atoms with Crippen LogP contribution in [-0.4, -0.2) is 62.1 Å². The molecule has 0 spiro atoms. The van der Waals surface area contributed by atoms with Gasteiger partial charge in [0, 0.05) is 37.7 Å². The Morgan fingerprint density at radius 3 is 2.35 bits per heavy atom. The fourth-order valence-corrected chi connectivity index (χ4v) is 4.33. The van der Waals surface area contributed by atoms with Crippen molar-refractivity contribution in [3.05, 3.63) is 28.2 Å². The molecule has 1 heterocycles. The maximum atomic E-state index is 12.5. The maximum Gasteiger partial charge on any atom is 0.244 e. The first kappa shape index (κ1) is 16.0. The van der Waals surface area contributed by atoms with Crippen LogP contribution in [0.2, 0.25) is 10.0 Å². The molecule has 1 aliphatic heterocycles. The number of halogens is 2. The van der Waals surface area contributed by atoms with Gasteiger partial charge in [-0.3, -0.25) is 4.90 Å². The molecule has 1 aromatic rings. The number of benzene rings is 1. The molecule has 0 radical (unpaired) electrons. The molecule has 2 rings (SSSR count). The summed E-state index contributed by atoms with van der Waals surface area (Å²) in [7, 11) is -3.59. The second-order valence-electron chi connectivity index (χ2n) is 4.54. The molecular formula is C12H16Cl2N2O3S. The number of nitrogens with zero attached hydrogens (tertiary/aromatic N) is 2. The number of aliphatic hydroxyl groups is 1. The second kappa shape index (κ2) is 6.60. The number of piperazine rings is 1. The van der Waals surface area contributed by atoms with E-state index in [9.17, 15) is 8.42 Å². The summed E-state index contributed by atoms with van der Waals surface area (Å²) in [4.78, 5) is 2.11. The van der Waals surface area contributed by atoms with Crippen molar-refractivity contribution in [3.8, 4) is 0 Å². The largest absolute Gasteiger partial charge is 0.395 e. The van der Waals surface area contributed by atoms with Crippen LogP contribution in [0.1, 0.15) is 0 Å². The molecule has 0 saturated carbocycles. The van der Waals surface area contributed by atoms with E-state index in [1.165, 1.54) is 22.5 Å². The van der Waals surface area contributed by atoms with Crippen LogP contribution in [0.5, 0.6) is 0 Å². The Labute approximate surface area is 128 Å². The molecule has 112 valence electrons. The highest BCUT2D eigenvalue weighted by Gasteiger charge is 2.29. The molecule has 1 fully saturated rings. The highest BCUT2D eigenvalue weighted by atomic mass is 35.5. The molecule has 20 heavy (non-hydrogen) atoms.